The van der Waals surface area contributed by atoms with Crippen LogP contribution in [0.5, 0.6) is 0 Å². The van der Waals surface area contributed by atoms with Crippen molar-refractivity contribution in [3.8, 4) is 0 Å². The second-order valence-corrected chi connectivity index (χ2v) is 18.4. The molecule has 3 amide bonds. The minimum Gasteiger partial charge on any atom is -0.370 e. The van der Waals surface area contributed by atoms with Gasteiger partial charge in [-0.1, -0.05) is 25.0 Å². The first kappa shape index (κ1) is 36.4. The van der Waals surface area contributed by atoms with Crippen LogP contribution in [0.4, 0.5) is 11.6 Å². The van der Waals surface area contributed by atoms with Crippen molar-refractivity contribution in [1.29, 1.82) is 0 Å². The molecule has 1 saturated carbocycles. The first-order valence-electron chi connectivity index (χ1n) is 20.3. The Labute approximate surface area is 333 Å². The van der Waals surface area contributed by atoms with E-state index in [2.05, 4.69) is 47.9 Å². The number of piperidine rings is 2. The lowest BCUT2D eigenvalue weighted by molar-refractivity contribution is -0.136. The molecule has 296 valence electrons. The maximum absolute atomic E-state index is 13.8. The summed E-state index contributed by atoms with van der Waals surface area (Å²) >= 11 is 0. The molecule has 15 heteroatoms. The predicted molar refractivity (Wildman–Crippen MR) is 215 cm³/mol. The lowest BCUT2D eigenvalue weighted by Crippen LogP contribution is -2.71. The normalized spacial score (nSPS) is 23.4. The second kappa shape index (κ2) is 14.4. The number of imide groups is 1. The largest absolute Gasteiger partial charge is 0.370 e. The smallest absolute Gasteiger partial charge is 0.255 e. The summed E-state index contributed by atoms with van der Waals surface area (Å²) in [4.78, 5) is 66.7. The van der Waals surface area contributed by atoms with E-state index < -0.39 is 17.0 Å². The number of pyridine rings is 1. The van der Waals surface area contributed by atoms with Crippen LogP contribution in [0.15, 0.2) is 70.5 Å². The van der Waals surface area contributed by atoms with Crippen molar-refractivity contribution in [2.24, 2.45) is 5.41 Å². The van der Waals surface area contributed by atoms with Crippen molar-refractivity contribution in [2.75, 3.05) is 49.5 Å². The molecule has 2 aromatic carbocycles. The molecular formula is C42H47N9O5S. The Bertz CT molecular complexity index is 2360. The number of nitrogens with one attached hydrogen (secondary N) is 2. The Morgan fingerprint density at radius 2 is 1.70 bits per heavy atom. The molecule has 7 heterocycles. The van der Waals surface area contributed by atoms with Crippen molar-refractivity contribution < 1.29 is 18.6 Å². The molecule has 4 saturated heterocycles. The molecule has 2 N–H and O–H groups in total. The van der Waals surface area contributed by atoms with Gasteiger partial charge >= 0.3 is 0 Å². The van der Waals surface area contributed by atoms with Crippen LogP contribution in [0, 0.1) is 5.41 Å². The fraction of sp³-hybridized carbons (Fsp3) is 0.476. The van der Waals surface area contributed by atoms with E-state index in [0.717, 1.165) is 98.3 Å². The molecule has 5 aliphatic heterocycles. The first-order valence-corrected chi connectivity index (χ1v) is 21.4. The predicted octanol–water partition coefficient (Wildman–Crippen LogP) is 3.59. The summed E-state index contributed by atoms with van der Waals surface area (Å²) in [7, 11) is -1.25. The third kappa shape index (κ3) is 6.82. The van der Waals surface area contributed by atoms with Crippen LogP contribution < -0.4 is 21.1 Å². The van der Waals surface area contributed by atoms with Crippen molar-refractivity contribution >= 4 is 51.4 Å². The number of fused-ring (bicyclic) bond motifs is 2. The van der Waals surface area contributed by atoms with Crippen LogP contribution in [-0.4, -0.2) is 102 Å². The van der Waals surface area contributed by atoms with Crippen LogP contribution in [0.25, 0.3) is 11.0 Å². The SMILES string of the molecule is O=C1CCC(N2Cc3cc(N4CC5(CN(Cc6cccc(S(=O)N7CCC(Nc8ncc9ccc(=O)n(C%10CCCC%10)c9n8)CC7)c6)C5)C4)ccc3C2=O)C(=O)N1. The quantitative estimate of drug-likeness (QED) is 0.241. The van der Waals surface area contributed by atoms with Crippen LogP contribution >= 0.6 is 0 Å². The number of anilines is 2. The molecule has 0 radical (unpaired) electrons. The lowest BCUT2D eigenvalue weighted by atomic mass is 9.72. The first-order chi connectivity index (χ1) is 27.7. The molecule has 2 aromatic heterocycles. The van der Waals surface area contributed by atoms with E-state index in [0.29, 0.717) is 43.2 Å². The zero-order chi connectivity index (χ0) is 38.8. The number of hydrogen-bond acceptors (Lipinski definition) is 10. The molecule has 1 spiro atoms. The van der Waals surface area contributed by atoms with E-state index in [1.165, 1.54) is 0 Å². The average Bonchev–Trinajstić information content (AvgIpc) is 3.83. The average molecular weight is 790 g/mol. The highest BCUT2D eigenvalue weighted by Gasteiger charge is 2.51. The van der Waals surface area contributed by atoms with Crippen LogP contribution in [-0.2, 0) is 33.7 Å². The topological polar surface area (TPSA) is 153 Å². The molecular weight excluding hydrogens is 743 g/mol. The summed E-state index contributed by atoms with van der Waals surface area (Å²) in [5.74, 6) is -0.281. The Kier molecular flexibility index (Phi) is 9.21. The number of likely N-dealkylation sites (tertiary alicyclic amines) is 1. The highest BCUT2D eigenvalue weighted by molar-refractivity contribution is 7.82. The number of aromatic nitrogens is 3. The molecule has 4 aromatic rings. The molecule has 2 unspecified atom stereocenters. The van der Waals surface area contributed by atoms with Gasteiger partial charge in [-0.2, -0.15) is 4.98 Å². The number of amides is 3. The number of nitrogens with zero attached hydrogens (tertiary/aromatic N) is 7. The molecule has 14 nitrogen and oxygen atoms in total. The van der Waals surface area contributed by atoms with E-state index >= 15 is 0 Å². The number of carbonyl (C=O) groups excluding carboxylic acids is 3. The van der Waals surface area contributed by atoms with Crippen LogP contribution in [0.3, 0.4) is 0 Å². The van der Waals surface area contributed by atoms with Gasteiger partial charge in [0.1, 0.15) is 22.7 Å². The van der Waals surface area contributed by atoms with Gasteiger partial charge < -0.3 is 15.1 Å². The molecule has 1 aliphatic carbocycles. The minimum atomic E-state index is -1.25. The van der Waals surface area contributed by atoms with E-state index in [1.807, 2.05) is 34.9 Å². The van der Waals surface area contributed by atoms with Crippen molar-refractivity contribution in [1.82, 2.24) is 34.0 Å². The molecule has 2 atom stereocenters. The third-order valence-electron chi connectivity index (χ3n) is 12.9. The van der Waals surface area contributed by atoms with Gasteiger partial charge in [0.2, 0.25) is 17.8 Å². The molecule has 0 bridgehead atoms. The monoisotopic (exact) mass is 789 g/mol. The van der Waals surface area contributed by atoms with Crippen molar-refractivity contribution in [3.05, 3.63) is 87.8 Å². The summed E-state index contributed by atoms with van der Waals surface area (Å²) in [6, 6.07) is 17.3. The number of benzene rings is 2. The summed E-state index contributed by atoms with van der Waals surface area (Å²) < 4.78 is 17.7. The summed E-state index contributed by atoms with van der Waals surface area (Å²) in [6.07, 6.45) is 8.31. The maximum Gasteiger partial charge on any atom is 0.255 e. The van der Waals surface area contributed by atoms with E-state index in [4.69, 9.17) is 4.98 Å². The van der Waals surface area contributed by atoms with E-state index in [-0.39, 0.29) is 47.2 Å². The molecule has 5 fully saturated rings. The summed E-state index contributed by atoms with van der Waals surface area (Å²) in [6.45, 7) is 6.50. The summed E-state index contributed by atoms with van der Waals surface area (Å²) in [5.41, 5.74) is 4.77. The molecule has 6 aliphatic rings. The number of carbonyl (C=O) groups is 3. The van der Waals surface area contributed by atoms with Gasteiger partial charge in [0.15, 0.2) is 0 Å². The standard InChI is InChI=1S/C42H47N9O5S/c52-36-12-11-35(39(54)45-36)50-22-29-19-32(9-10-34(29)40(50)55)48-25-42(26-48)23-47(24-42)21-27-4-3-7-33(18-27)57(56)49-16-14-30(15-17-49)44-41-43-20-28-8-13-37(53)51(38(28)46-41)31-5-1-2-6-31/h3-4,7-10,13,18-20,30-31,35H,1-2,5-6,11-12,14-17,21-26H2,(H,43,44,46)(H,45,52,54). The van der Waals surface area contributed by atoms with Gasteiger partial charge in [-0.25, -0.2) is 13.5 Å². The fourth-order valence-electron chi connectivity index (χ4n) is 10.0. The maximum atomic E-state index is 13.8. The second-order valence-electron chi connectivity index (χ2n) is 16.9. The Morgan fingerprint density at radius 3 is 2.49 bits per heavy atom. The highest BCUT2D eigenvalue weighted by atomic mass is 32.2. The zero-order valence-corrected chi connectivity index (χ0v) is 32.7. The Balaban J connectivity index is 0.702. The third-order valence-corrected chi connectivity index (χ3v) is 14.4. The van der Waals surface area contributed by atoms with E-state index in [1.54, 1.807) is 17.2 Å². The summed E-state index contributed by atoms with van der Waals surface area (Å²) in [5, 5.41) is 6.75. The molecule has 57 heavy (non-hydrogen) atoms. The van der Waals surface area contributed by atoms with Gasteiger partial charge in [-0.3, -0.25) is 34.0 Å². The number of hydrogen-bond donors (Lipinski definition) is 2. The van der Waals surface area contributed by atoms with Gasteiger partial charge in [0, 0.05) is 105 Å². The van der Waals surface area contributed by atoms with Gasteiger partial charge in [0.25, 0.3) is 11.5 Å². The van der Waals surface area contributed by atoms with Crippen LogP contribution in [0.2, 0.25) is 0 Å². The zero-order valence-electron chi connectivity index (χ0n) is 31.9. The van der Waals surface area contributed by atoms with Gasteiger partial charge in [-0.05, 0) is 79.6 Å². The van der Waals surface area contributed by atoms with Crippen LogP contribution in [0.1, 0.15) is 78.9 Å². The minimum absolute atomic E-state index is 0.00475. The lowest BCUT2D eigenvalue weighted by Gasteiger charge is -2.61. The molecule has 10 rings (SSSR count). The Morgan fingerprint density at radius 1 is 0.895 bits per heavy atom. The van der Waals surface area contributed by atoms with E-state index in [9.17, 15) is 23.4 Å². The number of rotatable bonds is 9. The van der Waals surface area contributed by atoms with Crippen molar-refractivity contribution in [2.45, 2.75) is 87.5 Å². The highest BCUT2D eigenvalue weighted by Crippen LogP contribution is 2.43. The van der Waals surface area contributed by atoms with Crippen molar-refractivity contribution in [3.63, 3.8) is 0 Å². The van der Waals surface area contributed by atoms with Gasteiger partial charge in [0.05, 0.1) is 4.90 Å². The Hall–Kier alpha value is -4.99. The fourth-order valence-corrected chi connectivity index (χ4v) is 11.3. The van der Waals surface area contributed by atoms with Gasteiger partial charge in [-0.15, -0.1) is 0 Å².